The highest BCUT2D eigenvalue weighted by molar-refractivity contribution is 8.00. The lowest BCUT2D eigenvalue weighted by atomic mass is 9.87. The summed E-state index contributed by atoms with van der Waals surface area (Å²) in [6.07, 6.45) is 6.18. The molecule has 1 aliphatic carbocycles. The van der Waals surface area contributed by atoms with E-state index in [1.54, 1.807) is 6.92 Å². The minimum Gasteiger partial charge on any atom is -0.336 e. The number of aromatic amines is 1. The highest BCUT2D eigenvalue weighted by Crippen LogP contribution is 2.42. The second-order valence-electron chi connectivity index (χ2n) is 6.46. The van der Waals surface area contributed by atoms with Crippen LogP contribution >= 0.6 is 11.8 Å². The van der Waals surface area contributed by atoms with E-state index in [1.165, 1.54) is 32.1 Å². The summed E-state index contributed by atoms with van der Waals surface area (Å²) in [7, 11) is 0. The second-order valence-corrected chi connectivity index (χ2v) is 8.02. The van der Waals surface area contributed by atoms with Gasteiger partial charge in [0.2, 0.25) is 0 Å². The summed E-state index contributed by atoms with van der Waals surface area (Å²) in [4.78, 5) is 26.8. The van der Waals surface area contributed by atoms with Gasteiger partial charge in [-0.2, -0.15) is 16.9 Å². The third-order valence-electron chi connectivity index (χ3n) is 4.98. The topological polar surface area (TPSA) is 66.1 Å². The van der Waals surface area contributed by atoms with Gasteiger partial charge in [-0.25, -0.2) is 5.10 Å². The molecule has 1 aliphatic heterocycles. The normalized spacial score (nSPS) is 21.1. The van der Waals surface area contributed by atoms with Crippen LogP contribution in [0.1, 0.15) is 53.7 Å². The van der Waals surface area contributed by atoms with Gasteiger partial charge in [-0.05, 0) is 32.3 Å². The van der Waals surface area contributed by atoms with Crippen molar-refractivity contribution in [3.05, 3.63) is 27.2 Å². The number of thioether (sulfide) groups is 1. The van der Waals surface area contributed by atoms with Crippen molar-refractivity contribution in [1.82, 2.24) is 15.1 Å². The Morgan fingerprint density at radius 3 is 2.73 bits per heavy atom. The Morgan fingerprint density at radius 1 is 1.27 bits per heavy atom. The van der Waals surface area contributed by atoms with Gasteiger partial charge < -0.3 is 4.90 Å². The maximum absolute atomic E-state index is 12.9. The molecule has 1 N–H and O–H groups in total. The Hall–Kier alpha value is -1.30. The number of nitrogens with one attached hydrogen (secondary N) is 1. The lowest BCUT2D eigenvalue weighted by Gasteiger charge is -2.44. The Bertz CT molecular complexity index is 629. The molecule has 1 amide bonds. The Morgan fingerprint density at radius 2 is 2.00 bits per heavy atom. The summed E-state index contributed by atoms with van der Waals surface area (Å²) in [5, 5.41) is 6.38. The fraction of sp³-hybridized carbons (Fsp3) is 0.688. The third kappa shape index (κ3) is 2.81. The van der Waals surface area contributed by atoms with E-state index in [1.807, 2.05) is 23.6 Å². The fourth-order valence-electron chi connectivity index (χ4n) is 3.56. The Labute approximate surface area is 134 Å². The van der Waals surface area contributed by atoms with Crippen LogP contribution < -0.4 is 5.56 Å². The molecule has 0 bridgehead atoms. The van der Waals surface area contributed by atoms with E-state index < -0.39 is 0 Å². The summed E-state index contributed by atoms with van der Waals surface area (Å²) in [5.74, 6) is 0.835. The zero-order valence-corrected chi connectivity index (χ0v) is 14.1. The van der Waals surface area contributed by atoms with E-state index in [-0.39, 0.29) is 21.8 Å². The van der Waals surface area contributed by atoms with Crippen LogP contribution in [0.3, 0.4) is 0 Å². The van der Waals surface area contributed by atoms with Gasteiger partial charge in [0.25, 0.3) is 11.5 Å². The van der Waals surface area contributed by atoms with E-state index in [2.05, 4.69) is 10.2 Å². The van der Waals surface area contributed by atoms with Crippen molar-refractivity contribution in [2.75, 3.05) is 18.8 Å². The monoisotopic (exact) mass is 321 g/mol. The molecular formula is C16H23N3O2S. The van der Waals surface area contributed by atoms with Crippen LogP contribution in [0.2, 0.25) is 0 Å². The highest BCUT2D eigenvalue weighted by Gasteiger charge is 2.39. The van der Waals surface area contributed by atoms with Gasteiger partial charge in [-0.3, -0.25) is 9.59 Å². The highest BCUT2D eigenvalue weighted by atomic mass is 32.2. The van der Waals surface area contributed by atoms with Crippen LogP contribution in [-0.2, 0) is 0 Å². The van der Waals surface area contributed by atoms with Crippen molar-refractivity contribution in [3.8, 4) is 0 Å². The number of H-pyrrole nitrogens is 1. The van der Waals surface area contributed by atoms with Gasteiger partial charge in [0.15, 0.2) is 0 Å². The smallest absolute Gasteiger partial charge is 0.277 e. The Balaban J connectivity index is 1.86. The van der Waals surface area contributed by atoms with Gasteiger partial charge in [0, 0.05) is 23.6 Å². The SMILES string of the molecule is Cc1n[nH]c(=O)c(C(=O)N2CCSC3(CCCCC3)C2)c1C. The molecular weight excluding hydrogens is 298 g/mol. The van der Waals surface area contributed by atoms with E-state index in [0.29, 0.717) is 11.3 Å². The van der Waals surface area contributed by atoms with Crippen molar-refractivity contribution in [1.29, 1.82) is 0 Å². The number of amides is 1. The molecule has 0 unspecified atom stereocenters. The molecule has 1 spiro atoms. The first kappa shape index (κ1) is 15.6. The average Bonchev–Trinajstić information content (AvgIpc) is 2.52. The molecule has 1 aromatic rings. The molecule has 3 rings (SSSR count). The number of hydrogen-bond donors (Lipinski definition) is 1. The number of aromatic nitrogens is 2. The van der Waals surface area contributed by atoms with Crippen LogP contribution in [0.5, 0.6) is 0 Å². The largest absolute Gasteiger partial charge is 0.336 e. The first-order chi connectivity index (χ1) is 10.5. The molecule has 2 heterocycles. The molecule has 2 fully saturated rings. The van der Waals surface area contributed by atoms with Crippen molar-refractivity contribution >= 4 is 17.7 Å². The van der Waals surface area contributed by atoms with Crippen LogP contribution in [-0.4, -0.2) is 44.6 Å². The number of rotatable bonds is 1. The van der Waals surface area contributed by atoms with Crippen LogP contribution in [0.15, 0.2) is 4.79 Å². The van der Waals surface area contributed by atoms with Crippen LogP contribution in [0, 0.1) is 13.8 Å². The summed E-state index contributed by atoms with van der Waals surface area (Å²) in [5.41, 5.74) is 1.31. The third-order valence-corrected chi connectivity index (χ3v) is 6.52. The Kier molecular flexibility index (Phi) is 4.30. The minimum absolute atomic E-state index is 0.130. The molecule has 6 heteroatoms. The summed E-state index contributed by atoms with van der Waals surface area (Å²) in [6.45, 7) is 5.12. The fourth-order valence-corrected chi connectivity index (χ4v) is 5.13. The lowest BCUT2D eigenvalue weighted by molar-refractivity contribution is 0.0727. The van der Waals surface area contributed by atoms with Crippen molar-refractivity contribution in [2.45, 2.75) is 50.7 Å². The van der Waals surface area contributed by atoms with Crippen LogP contribution in [0.4, 0.5) is 0 Å². The molecule has 0 aromatic carbocycles. The molecule has 0 atom stereocenters. The van der Waals surface area contributed by atoms with Gasteiger partial charge in [0.1, 0.15) is 5.56 Å². The number of hydrogen-bond acceptors (Lipinski definition) is 4. The zero-order valence-electron chi connectivity index (χ0n) is 13.3. The number of aryl methyl sites for hydroxylation is 1. The molecule has 120 valence electrons. The standard InChI is InChI=1S/C16H23N3O2S/c1-11-12(2)17-18-14(20)13(11)15(21)19-8-9-22-16(10-19)6-4-3-5-7-16/h3-10H2,1-2H3,(H,18,20). The quantitative estimate of drug-likeness (QED) is 0.862. The molecule has 22 heavy (non-hydrogen) atoms. The minimum atomic E-state index is -0.371. The van der Waals surface area contributed by atoms with Gasteiger partial charge in [0.05, 0.1) is 5.69 Å². The summed E-state index contributed by atoms with van der Waals surface area (Å²) in [6, 6.07) is 0. The van der Waals surface area contributed by atoms with Crippen molar-refractivity contribution in [3.63, 3.8) is 0 Å². The number of nitrogens with zero attached hydrogens (tertiary/aromatic N) is 2. The first-order valence-electron chi connectivity index (χ1n) is 8.01. The summed E-state index contributed by atoms with van der Waals surface area (Å²) < 4.78 is 0.217. The van der Waals surface area contributed by atoms with Crippen molar-refractivity contribution in [2.24, 2.45) is 0 Å². The zero-order chi connectivity index (χ0) is 15.7. The van der Waals surface area contributed by atoms with Gasteiger partial charge >= 0.3 is 0 Å². The molecule has 1 aromatic heterocycles. The maximum atomic E-state index is 12.9. The average molecular weight is 321 g/mol. The van der Waals surface area contributed by atoms with E-state index in [9.17, 15) is 9.59 Å². The second kappa shape index (κ2) is 6.07. The summed E-state index contributed by atoms with van der Waals surface area (Å²) >= 11 is 2.02. The predicted octanol–water partition coefficient (Wildman–Crippen LogP) is 2.28. The maximum Gasteiger partial charge on any atom is 0.277 e. The number of carbonyl (C=O) groups excluding carboxylic acids is 1. The molecule has 5 nitrogen and oxygen atoms in total. The van der Waals surface area contributed by atoms with Crippen LogP contribution in [0.25, 0.3) is 0 Å². The van der Waals surface area contributed by atoms with E-state index in [4.69, 9.17) is 0 Å². The number of carbonyl (C=O) groups is 1. The lowest BCUT2D eigenvalue weighted by Crippen LogP contribution is -2.51. The molecule has 2 aliphatic rings. The van der Waals surface area contributed by atoms with Gasteiger partial charge in [-0.1, -0.05) is 19.3 Å². The van der Waals surface area contributed by atoms with Gasteiger partial charge in [-0.15, -0.1) is 0 Å². The molecule has 1 saturated heterocycles. The molecule has 1 saturated carbocycles. The first-order valence-corrected chi connectivity index (χ1v) is 9.00. The van der Waals surface area contributed by atoms with E-state index in [0.717, 1.165) is 18.8 Å². The predicted molar refractivity (Wildman–Crippen MR) is 88.5 cm³/mol. The van der Waals surface area contributed by atoms with Crippen molar-refractivity contribution < 1.29 is 4.79 Å². The molecule has 0 radical (unpaired) electrons. The van der Waals surface area contributed by atoms with E-state index >= 15 is 0 Å².